The molecule has 3 aromatic carbocycles. The normalized spacial score (nSPS) is 11.5. The summed E-state index contributed by atoms with van der Waals surface area (Å²) in [5.41, 5.74) is 5.16. The van der Waals surface area contributed by atoms with Gasteiger partial charge in [0.25, 0.3) is 15.9 Å². The fourth-order valence-electron chi connectivity index (χ4n) is 2.75. The third-order valence-corrected chi connectivity index (χ3v) is 7.21. The van der Waals surface area contributed by atoms with Gasteiger partial charge in [-0.15, -0.1) is 11.8 Å². The number of hydrazone groups is 1. The van der Waals surface area contributed by atoms with Crippen molar-refractivity contribution in [3.05, 3.63) is 89.5 Å². The molecule has 0 spiro atoms. The van der Waals surface area contributed by atoms with Crippen molar-refractivity contribution in [3.8, 4) is 0 Å². The molecular weight excluding hydrogens is 430 g/mol. The maximum absolute atomic E-state index is 12.8. The van der Waals surface area contributed by atoms with Crippen LogP contribution in [0.15, 0.2) is 87.7 Å². The van der Waals surface area contributed by atoms with Crippen LogP contribution in [0.4, 0.5) is 5.69 Å². The number of thioether (sulfide) groups is 1. The lowest BCUT2D eigenvalue weighted by Gasteiger charge is -2.19. The molecule has 6 nitrogen and oxygen atoms in total. The van der Waals surface area contributed by atoms with E-state index in [0.717, 1.165) is 16.0 Å². The highest BCUT2D eigenvalue weighted by molar-refractivity contribution is 7.98. The zero-order chi connectivity index (χ0) is 22.4. The van der Waals surface area contributed by atoms with E-state index in [1.807, 2.05) is 37.4 Å². The number of rotatable bonds is 7. The Morgan fingerprint density at radius 3 is 2.16 bits per heavy atom. The fourth-order valence-corrected chi connectivity index (χ4v) is 4.35. The van der Waals surface area contributed by atoms with Gasteiger partial charge in [0.15, 0.2) is 0 Å². The molecule has 3 aromatic rings. The van der Waals surface area contributed by atoms with Gasteiger partial charge in [-0.3, -0.25) is 9.10 Å². The summed E-state index contributed by atoms with van der Waals surface area (Å²) < 4.78 is 26.8. The van der Waals surface area contributed by atoms with Gasteiger partial charge < -0.3 is 0 Å². The molecule has 0 saturated carbocycles. The van der Waals surface area contributed by atoms with Crippen LogP contribution in [-0.4, -0.2) is 33.8 Å². The Hall–Kier alpha value is -3.10. The number of benzene rings is 3. The highest BCUT2D eigenvalue weighted by Gasteiger charge is 2.21. The number of amides is 1. The van der Waals surface area contributed by atoms with Crippen molar-refractivity contribution in [2.24, 2.45) is 5.10 Å². The number of nitrogens with one attached hydrogen (secondary N) is 1. The van der Waals surface area contributed by atoms with Crippen molar-refractivity contribution >= 4 is 39.6 Å². The molecule has 160 valence electrons. The summed E-state index contributed by atoms with van der Waals surface area (Å²) >= 11 is 1.65. The second-order valence-corrected chi connectivity index (χ2v) is 9.65. The number of aryl methyl sites for hydroxylation is 1. The molecule has 0 heterocycles. The molecule has 0 fully saturated rings. The Kier molecular flexibility index (Phi) is 7.14. The summed E-state index contributed by atoms with van der Waals surface area (Å²) in [4.78, 5) is 13.7. The van der Waals surface area contributed by atoms with Crippen molar-refractivity contribution in [1.82, 2.24) is 5.43 Å². The van der Waals surface area contributed by atoms with E-state index in [4.69, 9.17) is 0 Å². The molecule has 3 rings (SSSR count). The number of carbonyl (C=O) groups excluding carboxylic acids is 1. The summed E-state index contributed by atoms with van der Waals surface area (Å²) in [5, 5.41) is 3.98. The summed E-state index contributed by atoms with van der Waals surface area (Å²) in [6, 6.07) is 20.8. The topological polar surface area (TPSA) is 78.8 Å². The SMILES string of the molecule is CSc1ccc(/C=N\NC(=O)c2ccc(N(C)S(=O)(=O)c3ccc(C)cc3)cc2)cc1. The largest absolute Gasteiger partial charge is 0.271 e. The minimum Gasteiger partial charge on any atom is -0.269 e. The highest BCUT2D eigenvalue weighted by atomic mass is 32.2. The molecule has 0 aliphatic rings. The summed E-state index contributed by atoms with van der Waals surface area (Å²) in [6.07, 6.45) is 3.57. The van der Waals surface area contributed by atoms with Crippen molar-refractivity contribution in [2.45, 2.75) is 16.7 Å². The van der Waals surface area contributed by atoms with E-state index in [2.05, 4.69) is 10.5 Å². The first kappa shape index (κ1) is 22.6. The van der Waals surface area contributed by atoms with Gasteiger partial charge in [0.2, 0.25) is 0 Å². The zero-order valence-corrected chi connectivity index (χ0v) is 19.1. The van der Waals surface area contributed by atoms with Crippen molar-refractivity contribution in [3.63, 3.8) is 0 Å². The number of anilines is 1. The lowest BCUT2D eigenvalue weighted by molar-refractivity contribution is 0.0955. The quantitative estimate of drug-likeness (QED) is 0.329. The van der Waals surface area contributed by atoms with Gasteiger partial charge in [0.05, 0.1) is 16.8 Å². The smallest absolute Gasteiger partial charge is 0.269 e. The Balaban J connectivity index is 1.66. The molecular formula is C23H23N3O3S2. The van der Waals surface area contributed by atoms with Crippen LogP contribution < -0.4 is 9.73 Å². The predicted octanol–water partition coefficient (Wildman–Crippen LogP) is 4.31. The van der Waals surface area contributed by atoms with Crippen molar-refractivity contribution in [1.29, 1.82) is 0 Å². The lowest BCUT2D eigenvalue weighted by Crippen LogP contribution is -2.26. The molecule has 1 N–H and O–H groups in total. The van der Waals surface area contributed by atoms with E-state index < -0.39 is 10.0 Å². The molecule has 1 amide bonds. The first-order valence-corrected chi connectivity index (χ1v) is 12.1. The third kappa shape index (κ3) is 5.53. The lowest BCUT2D eigenvalue weighted by atomic mass is 10.2. The molecule has 0 aliphatic heterocycles. The van der Waals surface area contributed by atoms with E-state index >= 15 is 0 Å². The highest BCUT2D eigenvalue weighted by Crippen LogP contribution is 2.22. The zero-order valence-electron chi connectivity index (χ0n) is 17.4. The van der Waals surface area contributed by atoms with E-state index in [1.54, 1.807) is 66.5 Å². The molecule has 0 aromatic heterocycles. The van der Waals surface area contributed by atoms with E-state index in [0.29, 0.717) is 11.3 Å². The summed E-state index contributed by atoms with van der Waals surface area (Å²) in [5.74, 6) is -0.382. The Morgan fingerprint density at radius 2 is 1.58 bits per heavy atom. The van der Waals surface area contributed by atoms with E-state index in [9.17, 15) is 13.2 Å². The van der Waals surface area contributed by atoms with Gasteiger partial charge in [-0.2, -0.15) is 5.10 Å². The maximum atomic E-state index is 12.8. The number of nitrogens with zero attached hydrogens (tertiary/aromatic N) is 2. The van der Waals surface area contributed by atoms with Crippen LogP contribution in [0.25, 0.3) is 0 Å². The van der Waals surface area contributed by atoms with Gasteiger partial charge in [-0.25, -0.2) is 13.8 Å². The number of hydrogen-bond acceptors (Lipinski definition) is 5. The Bertz CT molecular complexity index is 1170. The van der Waals surface area contributed by atoms with Gasteiger partial charge in [0.1, 0.15) is 0 Å². The van der Waals surface area contributed by atoms with Crippen LogP contribution >= 0.6 is 11.8 Å². The minimum absolute atomic E-state index is 0.210. The molecule has 0 unspecified atom stereocenters. The van der Waals surface area contributed by atoms with Crippen LogP contribution in [0.5, 0.6) is 0 Å². The molecule has 31 heavy (non-hydrogen) atoms. The molecule has 0 aliphatic carbocycles. The first-order chi connectivity index (χ1) is 14.8. The second-order valence-electron chi connectivity index (χ2n) is 6.80. The molecule has 8 heteroatoms. The standard InChI is InChI=1S/C23H23N3O3S2/c1-17-4-14-22(15-5-17)31(28,29)26(2)20-10-8-19(9-11-20)23(27)25-24-16-18-6-12-21(30-3)13-7-18/h4-16H,1-3H3,(H,25,27)/b24-16-. The summed E-state index contributed by atoms with van der Waals surface area (Å²) in [7, 11) is -2.20. The Labute approximate surface area is 187 Å². The van der Waals surface area contributed by atoms with E-state index in [1.165, 1.54) is 11.4 Å². The number of sulfonamides is 1. The van der Waals surface area contributed by atoms with Crippen LogP contribution in [-0.2, 0) is 10.0 Å². The summed E-state index contributed by atoms with van der Waals surface area (Å²) in [6.45, 7) is 1.90. The van der Waals surface area contributed by atoms with Gasteiger partial charge >= 0.3 is 0 Å². The third-order valence-electron chi connectivity index (χ3n) is 4.67. The van der Waals surface area contributed by atoms with Gasteiger partial charge in [-0.05, 0) is 67.3 Å². The Morgan fingerprint density at radius 1 is 0.968 bits per heavy atom. The van der Waals surface area contributed by atoms with Crippen LogP contribution in [0, 0.1) is 6.92 Å². The molecule has 0 atom stereocenters. The second kappa shape index (κ2) is 9.80. The molecule has 0 bridgehead atoms. The van der Waals surface area contributed by atoms with Crippen molar-refractivity contribution < 1.29 is 13.2 Å². The van der Waals surface area contributed by atoms with Crippen LogP contribution in [0.3, 0.4) is 0 Å². The average molecular weight is 454 g/mol. The van der Waals surface area contributed by atoms with Crippen LogP contribution in [0.2, 0.25) is 0 Å². The fraction of sp³-hybridized carbons (Fsp3) is 0.130. The van der Waals surface area contributed by atoms with Crippen LogP contribution in [0.1, 0.15) is 21.5 Å². The molecule has 0 radical (unpaired) electrons. The number of carbonyl (C=O) groups is 1. The van der Waals surface area contributed by atoms with Crippen molar-refractivity contribution in [2.75, 3.05) is 17.6 Å². The van der Waals surface area contributed by atoms with Gasteiger partial charge in [-0.1, -0.05) is 29.8 Å². The number of hydrogen-bond donors (Lipinski definition) is 1. The monoisotopic (exact) mass is 453 g/mol. The van der Waals surface area contributed by atoms with E-state index in [-0.39, 0.29) is 10.8 Å². The maximum Gasteiger partial charge on any atom is 0.271 e. The first-order valence-electron chi connectivity index (χ1n) is 9.44. The predicted molar refractivity (Wildman–Crippen MR) is 126 cm³/mol. The van der Waals surface area contributed by atoms with Gasteiger partial charge in [0, 0.05) is 17.5 Å². The molecule has 0 saturated heterocycles. The minimum atomic E-state index is -3.68. The average Bonchev–Trinajstić information content (AvgIpc) is 2.79.